The Morgan fingerprint density at radius 1 is 1.53 bits per heavy atom. The first kappa shape index (κ1) is 13.0. The lowest BCUT2D eigenvalue weighted by molar-refractivity contribution is 0.0770. The lowest BCUT2D eigenvalue weighted by Gasteiger charge is -2.07. The molecule has 4 heteroatoms. The van der Waals surface area contributed by atoms with Gasteiger partial charge in [-0.15, -0.1) is 11.3 Å². The molecule has 0 aliphatic rings. The Hall–Kier alpha value is -0.0900. The van der Waals surface area contributed by atoms with Crippen LogP contribution in [-0.4, -0.2) is 19.3 Å². The topological polar surface area (TPSA) is 21.3 Å². The summed E-state index contributed by atoms with van der Waals surface area (Å²) in [5.74, 6) is 0. The molecule has 0 bridgehead atoms. The minimum absolute atomic E-state index is 0.334. The Bertz CT molecular complexity index is 275. The van der Waals surface area contributed by atoms with E-state index in [0.717, 1.165) is 31.1 Å². The fraction of sp³-hybridized carbons (Fsp3) is 0.636. The first-order chi connectivity index (χ1) is 7.18. The third-order valence-corrected chi connectivity index (χ3v) is 3.15. The van der Waals surface area contributed by atoms with Crippen molar-refractivity contribution >= 4 is 22.9 Å². The van der Waals surface area contributed by atoms with Crippen molar-refractivity contribution in [2.24, 2.45) is 0 Å². The van der Waals surface area contributed by atoms with E-state index in [0.29, 0.717) is 6.10 Å². The van der Waals surface area contributed by atoms with E-state index in [-0.39, 0.29) is 0 Å². The molecule has 0 amide bonds. The number of thiophene rings is 1. The average molecular weight is 248 g/mol. The molecule has 0 radical (unpaired) electrons. The van der Waals surface area contributed by atoms with Crippen molar-refractivity contribution in [1.82, 2.24) is 5.32 Å². The van der Waals surface area contributed by atoms with Crippen molar-refractivity contribution < 1.29 is 4.74 Å². The van der Waals surface area contributed by atoms with Crippen LogP contribution in [-0.2, 0) is 11.3 Å². The molecular weight excluding hydrogens is 230 g/mol. The van der Waals surface area contributed by atoms with Gasteiger partial charge in [-0.05, 0) is 32.9 Å². The molecule has 0 spiro atoms. The largest absolute Gasteiger partial charge is 0.379 e. The molecule has 2 nitrogen and oxygen atoms in total. The summed E-state index contributed by atoms with van der Waals surface area (Å²) in [5, 5.41) is 6.15. The van der Waals surface area contributed by atoms with Gasteiger partial charge in [0, 0.05) is 23.4 Å². The Labute approximate surface area is 101 Å². The molecule has 0 unspecified atom stereocenters. The normalized spacial score (nSPS) is 11.2. The van der Waals surface area contributed by atoms with E-state index in [1.807, 2.05) is 11.4 Å². The van der Waals surface area contributed by atoms with Gasteiger partial charge in [-0.1, -0.05) is 11.6 Å². The zero-order chi connectivity index (χ0) is 11.1. The standard InChI is InChI=1S/C11H18ClNOS/c1-9(2)14-5-3-4-13-7-11-6-10(12)8-15-11/h6,8-9,13H,3-5,7H2,1-2H3. The van der Waals surface area contributed by atoms with Gasteiger partial charge in [0.1, 0.15) is 0 Å². The van der Waals surface area contributed by atoms with Crippen LogP contribution in [0.1, 0.15) is 25.1 Å². The van der Waals surface area contributed by atoms with E-state index < -0.39 is 0 Å². The van der Waals surface area contributed by atoms with E-state index in [9.17, 15) is 0 Å². The van der Waals surface area contributed by atoms with Crippen molar-refractivity contribution in [3.8, 4) is 0 Å². The molecule has 0 aromatic carbocycles. The Morgan fingerprint density at radius 2 is 2.33 bits per heavy atom. The van der Waals surface area contributed by atoms with Gasteiger partial charge in [-0.25, -0.2) is 0 Å². The minimum Gasteiger partial charge on any atom is -0.379 e. The molecule has 1 rings (SSSR count). The summed E-state index contributed by atoms with van der Waals surface area (Å²) < 4.78 is 5.44. The van der Waals surface area contributed by atoms with Crippen molar-refractivity contribution in [1.29, 1.82) is 0 Å². The van der Waals surface area contributed by atoms with Crippen LogP contribution in [0, 0.1) is 0 Å². The second kappa shape index (κ2) is 7.23. The van der Waals surface area contributed by atoms with Crippen LogP contribution in [0.5, 0.6) is 0 Å². The molecule has 86 valence electrons. The van der Waals surface area contributed by atoms with Crippen molar-refractivity contribution in [2.45, 2.75) is 32.9 Å². The van der Waals surface area contributed by atoms with Crippen LogP contribution in [0.25, 0.3) is 0 Å². The zero-order valence-corrected chi connectivity index (χ0v) is 10.8. The van der Waals surface area contributed by atoms with Crippen LogP contribution >= 0.6 is 22.9 Å². The molecule has 0 saturated carbocycles. The highest BCUT2D eigenvalue weighted by Gasteiger charge is 1.97. The fourth-order valence-corrected chi connectivity index (χ4v) is 2.22. The van der Waals surface area contributed by atoms with Gasteiger partial charge in [-0.3, -0.25) is 0 Å². The molecule has 0 fully saturated rings. The van der Waals surface area contributed by atoms with Gasteiger partial charge in [0.15, 0.2) is 0 Å². The summed E-state index contributed by atoms with van der Waals surface area (Å²) in [5.41, 5.74) is 0. The van der Waals surface area contributed by atoms with Gasteiger partial charge in [0.2, 0.25) is 0 Å². The summed E-state index contributed by atoms with van der Waals surface area (Å²) in [4.78, 5) is 1.28. The molecule has 0 atom stereocenters. The van der Waals surface area contributed by atoms with E-state index in [1.165, 1.54) is 4.88 Å². The molecule has 0 saturated heterocycles. The highest BCUT2D eigenvalue weighted by atomic mass is 35.5. The predicted octanol–water partition coefficient (Wildman–Crippen LogP) is 3.31. The van der Waals surface area contributed by atoms with Gasteiger partial charge in [-0.2, -0.15) is 0 Å². The van der Waals surface area contributed by atoms with Crippen LogP contribution in [0.3, 0.4) is 0 Å². The van der Waals surface area contributed by atoms with E-state index >= 15 is 0 Å². The van der Waals surface area contributed by atoms with Crippen molar-refractivity contribution in [3.63, 3.8) is 0 Å². The van der Waals surface area contributed by atoms with Crippen molar-refractivity contribution in [3.05, 3.63) is 21.3 Å². The lowest BCUT2D eigenvalue weighted by atomic mass is 10.4. The molecule has 15 heavy (non-hydrogen) atoms. The SMILES string of the molecule is CC(C)OCCCNCc1cc(Cl)cs1. The molecular formula is C11H18ClNOS. The average Bonchev–Trinajstić information content (AvgIpc) is 2.57. The van der Waals surface area contributed by atoms with Gasteiger partial charge in [0.05, 0.1) is 11.1 Å². The monoisotopic (exact) mass is 247 g/mol. The Morgan fingerprint density at radius 3 is 2.93 bits per heavy atom. The van der Waals surface area contributed by atoms with Gasteiger partial charge in [0.25, 0.3) is 0 Å². The number of hydrogen-bond acceptors (Lipinski definition) is 3. The minimum atomic E-state index is 0.334. The molecule has 0 aliphatic heterocycles. The summed E-state index contributed by atoms with van der Waals surface area (Å²) in [6, 6.07) is 2.00. The molecule has 1 aromatic heterocycles. The van der Waals surface area contributed by atoms with Crippen LogP contribution in [0.2, 0.25) is 5.02 Å². The molecule has 0 aliphatic carbocycles. The van der Waals surface area contributed by atoms with E-state index in [1.54, 1.807) is 11.3 Å². The maximum absolute atomic E-state index is 5.82. The van der Waals surface area contributed by atoms with Crippen molar-refractivity contribution in [2.75, 3.05) is 13.2 Å². The number of hydrogen-bond donors (Lipinski definition) is 1. The summed E-state index contributed by atoms with van der Waals surface area (Å²) >= 11 is 7.51. The number of ether oxygens (including phenoxy) is 1. The van der Waals surface area contributed by atoms with E-state index in [4.69, 9.17) is 16.3 Å². The molecule has 1 heterocycles. The predicted molar refractivity (Wildman–Crippen MR) is 66.7 cm³/mol. The van der Waals surface area contributed by atoms with Crippen LogP contribution in [0.15, 0.2) is 11.4 Å². The highest BCUT2D eigenvalue weighted by Crippen LogP contribution is 2.18. The maximum atomic E-state index is 5.82. The Kier molecular flexibility index (Phi) is 6.25. The molecule has 1 N–H and O–H groups in total. The first-order valence-corrected chi connectivity index (χ1v) is 6.49. The van der Waals surface area contributed by atoms with E-state index in [2.05, 4.69) is 19.2 Å². The van der Waals surface area contributed by atoms with Crippen LogP contribution < -0.4 is 5.32 Å². The quantitative estimate of drug-likeness (QED) is 0.747. The molecule has 1 aromatic rings. The third kappa shape index (κ3) is 6.15. The number of nitrogens with one attached hydrogen (secondary N) is 1. The summed E-state index contributed by atoms with van der Waals surface area (Å²) in [7, 11) is 0. The fourth-order valence-electron chi connectivity index (χ4n) is 1.17. The smallest absolute Gasteiger partial charge is 0.0518 e. The first-order valence-electron chi connectivity index (χ1n) is 5.23. The number of halogens is 1. The second-order valence-corrected chi connectivity index (χ2v) is 5.11. The van der Waals surface area contributed by atoms with Gasteiger partial charge >= 0.3 is 0 Å². The van der Waals surface area contributed by atoms with Gasteiger partial charge < -0.3 is 10.1 Å². The van der Waals surface area contributed by atoms with Crippen LogP contribution in [0.4, 0.5) is 0 Å². The maximum Gasteiger partial charge on any atom is 0.0518 e. The summed E-state index contributed by atoms with van der Waals surface area (Å²) in [6.45, 7) is 6.83. The lowest BCUT2D eigenvalue weighted by Crippen LogP contribution is -2.16. The number of rotatable bonds is 7. The third-order valence-electron chi connectivity index (χ3n) is 1.87. The summed E-state index contributed by atoms with van der Waals surface area (Å²) in [6.07, 6.45) is 1.39. The second-order valence-electron chi connectivity index (χ2n) is 3.68. The zero-order valence-electron chi connectivity index (χ0n) is 9.25. The Balaban J connectivity index is 1.98. The highest BCUT2D eigenvalue weighted by molar-refractivity contribution is 7.10.